The van der Waals surface area contributed by atoms with Crippen LogP contribution in [0.5, 0.6) is 0 Å². The van der Waals surface area contributed by atoms with E-state index in [0.29, 0.717) is 18.9 Å². The molecule has 0 unspecified atom stereocenters. The van der Waals surface area contributed by atoms with Crippen LogP contribution in [-0.2, 0) is 4.79 Å². The Bertz CT molecular complexity index is 595. The Morgan fingerprint density at radius 3 is 2.90 bits per heavy atom. The van der Waals surface area contributed by atoms with Gasteiger partial charge in [-0.2, -0.15) is 4.98 Å². The van der Waals surface area contributed by atoms with Gasteiger partial charge in [-0.1, -0.05) is 0 Å². The molecule has 0 saturated carbocycles. The van der Waals surface area contributed by atoms with Gasteiger partial charge in [-0.15, -0.1) is 11.3 Å². The maximum atomic E-state index is 11.6. The van der Waals surface area contributed by atoms with Gasteiger partial charge in [0.2, 0.25) is 11.9 Å². The number of fused-ring (bicyclic) bond motifs is 1. The molecule has 0 aliphatic rings. The average molecular weight is 293 g/mol. The molecule has 0 fully saturated rings. The van der Waals surface area contributed by atoms with Crippen LogP contribution in [0.3, 0.4) is 0 Å². The number of hydrogen-bond acceptors (Lipinski definition) is 6. The van der Waals surface area contributed by atoms with Crippen LogP contribution in [0.15, 0.2) is 11.4 Å². The van der Waals surface area contributed by atoms with E-state index in [0.717, 1.165) is 16.0 Å². The van der Waals surface area contributed by atoms with Crippen molar-refractivity contribution in [2.75, 3.05) is 24.2 Å². The second-order valence-corrected chi connectivity index (χ2v) is 5.58. The lowest BCUT2D eigenvalue weighted by molar-refractivity contribution is -0.121. The minimum Gasteiger partial charge on any atom is -0.369 e. The fourth-order valence-electron chi connectivity index (χ4n) is 1.79. The summed E-state index contributed by atoms with van der Waals surface area (Å²) in [6.45, 7) is 4.44. The molecule has 1 amide bonds. The molecule has 7 heteroatoms. The zero-order valence-corrected chi connectivity index (χ0v) is 12.7. The minimum atomic E-state index is 0.0389. The van der Waals surface area contributed by atoms with Crippen molar-refractivity contribution in [3.05, 3.63) is 11.4 Å². The van der Waals surface area contributed by atoms with E-state index in [1.165, 1.54) is 0 Å². The van der Waals surface area contributed by atoms with Crippen LogP contribution in [-0.4, -0.2) is 35.5 Å². The van der Waals surface area contributed by atoms with Gasteiger partial charge in [-0.05, 0) is 25.3 Å². The number of rotatable bonds is 6. The van der Waals surface area contributed by atoms with Crippen molar-refractivity contribution >= 4 is 39.2 Å². The number of carbonyl (C=O) groups is 1. The van der Waals surface area contributed by atoms with E-state index < -0.39 is 0 Å². The van der Waals surface area contributed by atoms with E-state index >= 15 is 0 Å². The van der Waals surface area contributed by atoms with Gasteiger partial charge >= 0.3 is 0 Å². The van der Waals surface area contributed by atoms with Gasteiger partial charge < -0.3 is 16.0 Å². The first-order valence-corrected chi connectivity index (χ1v) is 7.44. The molecule has 2 heterocycles. The number of thiophene rings is 1. The van der Waals surface area contributed by atoms with Crippen molar-refractivity contribution in [1.82, 2.24) is 15.3 Å². The van der Waals surface area contributed by atoms with Gasteiger partial charge in [-0.25, -0.2) is 4.98 Å². The fraction of sp³-hybridized carbons (Fsp3) is 0.462. The number of amides is 1. The van der Waals surface area contributed by atoms with E-state index in [-0.39, 0.29) is 11.9 Å². The maximum absolute atomic E-state index is 11.6. The summed E-state index contributed by atoms with van der Waals surface area (Å²) >= 11 is 1.57. The minimum absolute atomic E-state index is 0.0389. The summed E-state index contributed by atoms with van der Waals surface area (Å²) in [5.41, 5.74) is 0. The van der Waals surface area contributed by atoms with E-state index in [2.05, 4.69) is 25.9 Å². The van der Waals surface area contributed by atoms with Crippen LogP contribution in [0.2, 0.25) is 0 Å². The third-order valence-electron chi connectivity index (χ3n) is 2.64. The topological polar surface area (TPSA) is 78.9 Å². The molecule has 2 rings (SSSR count). The molecule has 108 valence electrons. The smallest absolute Gasteiger partial charge is 0.225 e. The monoisotopic (exact) mass is 293 g/mol. The van der Waals surface area contributed by atoms with E-state index in [9.17, 15) is 4.79 Å². The fourth-order valence-corrected chi connectivity index (χ4v) is 2.55. The van der Waals surface area contributed by atoms with E-state index in [1.807, 2.05) is 25.3 Å². The molecule has 0 atom stereocenters. The van der Waals surface area contributed by atoms with Crippen molar-refractivity contribution < 1.29 is 4.79 Å². The number of anilines is 2. The number of hydrogen-bond donors (Lipinski definition) is 3. The van der Waals surface area contributed by atoms with Crippen LogP contribution in [0.25, 0.3) is 10.2 Å². The van der Waals surface area contributed by atoms with E-state index in [4.69, 9.17) is 0 Å². The second kappa shape index (κ2) is 6.51. The Labute approximate surface area is 122 Å². The predicted octanol–water partition coefficient (Wildman–Crippen LogP) is 2.06. The van der Waals surface area contributed by atoms with Crippen molar-refractivity contribution in [3.63, 3.8) is 0 Å². The van der Waals surface area contributed by atoms with Crippen molar-refractivity contribution in [3.8, 4) is 0 Å². The van der Waals surface area contributed by atoms with Gasteiger partial charge in [0, 0.05) is 26.1 Å². The summed E-state index contributed by atoms with van der Waals surface area (Å²) in [7, 11) is 1.79. The summed E-state index contributed by atoms with van der Waals surface area (Å²) in [6.07, 6.45) is 0.419. The highest BCUT2D eigenvalue weighted by atomic mass is 32.1. The molecule has 0 spiro atoms. The molecule has 3 N–H and O–H groups in total. The first-order valence-electron chi connectivity index (χ1n) is 6.56. The van der Waals surface area contributed by atoms with Crippen LogP contribution < -0.4 is 16.0 Å². The molecule has 6 nitrogen and oxygen atoms in total. The van der Waals surface area contributed by atoms with Gasteiger partial charge in [0.1, 0.15) is 10.6 Å². The molecule has 0 radical (unpaired) electrons. The zero-order valence-electron chi connectivity index (χ0n) is 11.9. The van der Waals surface area contributed by atoms with Crippen LogP contribution in [0.1, 0.15) is 20.3 Å². The first kappa shape index (κ1) is 14.5. The highest BCUT2D eigenvalue weighted by molar-refractivity contribution is 7.16. The maximum Gasteiger partial charge on any atom is 0.225 e. The number of nitrogens with one attached hydrogen (secondary N) is 3. The molecular formula is C13H19N5OS. The SMILES string of the molecule is CNc1nc(NCCC(=O)NC(C)C)c2ccsc2n1. The lowest BCUT2D eigenvalue weighted by atomic mass is 10.3. The summed E-state index contributed by atoms with van der Waals surface area (Å²) in [6, 6.07) is 2.15. The Kier molecular flexibility index (Phi) is 4.73. The van der Waals surface area contributed by atoms with Crippen LogP contribution in [0, 0.1) is 0 Å². The molecular weight excluding hydrogens is 274 g/mol. The standard InChI is InChI=1S/C13H19N5OS/c1-8(2)16-10(19)4-6-15-11-9-5-7-20-12(9)18-13(14-3)17-11/h5,7-8H,4,6H2,1-3H3,(H,16,19)(H2,14,15,17,18). The van der Waals surface area contributed by atoms with Crippen molar-refractivity contribution in [2.24, 2.45) is 0 Å². The highest BCUT2D eigenvalue weighted by Crippen LogP contribution is 2.26. The average Bonchev–Trinajstić information content (AvgIpc) is 2.85. The molecule has 0 aliphatic heterocycles. The first-order chi connectivity index (χ1) is 9.60. The van der Waals surface area contributed by atoms with Gasteiger partial charge in [-0.3, -0.25) is 4.79 Å². The summed E-state index contributed by atoms with van der Waals surface area (Å²) in [5.74, 6) is 1.38. The molecule has 2 aromatic heterocycles. The van der Waals surface area contributed by atoms with Gasteiger partial charge in [0.25, 0.3) is 0 Å². The van der Waals surface area contributed by atoms with E-state index in [1.54, 1.807) is 18.4 Å². The van der Waals surface area contributed by atoms with Crippen LogP contribution in [0.4, 0.5) is 11.8 Å². The molecule has 0 aliphatic carbocycles. The van der Waals surface area contributed by atoms with Crippen molar-refractivity contribution in [1.29, 1.82) is 0 Å². The highest BCUT2D eigenvalue weighted by Gasteiger charge is 2.09. The number of carbonyl (C=O) groups excluding carboxylic acids is 1. The largest absolute Gasteiger partial charge is 0.369 e. The molecule has 20 heavy (non-hydrogen) atoms. The summed E-state index contributed by atoms with van der Waals surface area (Å²) < 4.78 is 0. The molecule has 0 saturated heterocycles. The van der Waals surface area contributed by atoms with Crippen molar-refractivity contribution in [2.45, 2.75) is 26.3 Å². The molecule has 0 aromatic carbocycles. The quantitative estimate of drug-likeness (QED) is 0.760. The second-order valence-electron chi connectivity index (χ2n) is 4.68. The Morgan fingerprint density at radius 1 is 1.40 bits per heavy atom. The lowest BCUT2D eigenvalue weighted by Crippen LogP contribution is -2.31. The normalized spacial score (nSPS) is 10.8. The summed E-state index contributed by atoms with van der Waals surface area (Å²) in [4.78, 5) is 21.3. The van der Waals surface area contributed by atoms with Crippen LogP contribution >= 0.6 is 11.3 Å². The predicted molar refractivity (Wildman–Crippen MR) is 83.3 cm³/mol. The zero-order chi connectivity index (χ0) is 14.5. The lowest BCUT2D eigenvalue weighted by Gasteiger charge is -2.10. The molecule has 2 aromatic rings. The van der Waals surface area contributed by atoms with Gasteiger partial charge in [0.05, 0.1) is 5.39 Å². The number of aromatic nitrogens is 2. The third-order valence-corrected chi connectivity index (χ3v) is 3.45. The van der Waals surface area contributed by atoms with Gasteiger partial charge in [0.15, 0.2) is 0 Å². The molecule has 0 bridgehead atoms. The Morgan fingerprint density at radius 2 is 2.20 bits per heavy atom. The summed E-state index contributed by atoms with van der Waals surface area (Å²) in [5, 5.41) is 12.0. The Hall–Kier alpha value is -1.89. The third kappa shape index (κ3) is 3.57. The Balaban J connectivity index is 2.02. The number of nitrogens with zero attached hydrogens (tertiary/aromatic N) is 2.